The molecule has 1 aromatic carbocycles. The van der Waals surface area contributed by atoms with E-state index in [0.29, 0.717) is 12.6 Å². The molecule has 21 heavy (non-hydrogen) atoms. The van der Waals surface area contributed by atoms with Gasteiger partial charge in [-0.25, -0.2) is 0 Å². The van der Waals surface area contributed by atoms with Crippen LogP contribution in [0.5, 0.6) is 0 Å². The Balaban J connectivity index is 2.16. The van der Waals surface area contributed by atoms with Crippen LogP contribution in [-0.4, -0.2) is 54.6 Å². The Labute approximate surface area is 137 Å². The van der Waals surface area contributed by atoms with Gasteiger partial charge in [0.15, 0.2) is 0 Å². The number of nitrogens with zero attached hydrogens (tertiary/aromatic N) is 2. The zero-order valence-corrected chi connectivity index (χ0v) is 15.1. The number of hydrogen-bond donors (Lipinski definition) is 1. The van der Waals surface area contributed by atoms with Crippen LogP contribution in [-0.2, 0) is 6.42 Å². The smallest absolute Gasteiger partial charge is 0.0347 e. The number of nitrogens with two attached hydrogens (primary N) is 1. The number of halogens is 1. The fourth-order valence-corrected chi connectivity index (χ4v) is 3.77. The zero-order valence-electron chi connectivity index (χ0n) is 13.5. The molecule has 0 aliphatic carbocycles. The molecular formula is C17H28BrN3. The maximum Gasteiger partial charge on any atom is 0.0347 e. The van der Waals surface area contributed by atoms with E-state index in [9.17, 15) is 0 Å². The largest absolute Gasteiger partial charge is 0.329 e. The summed E-state index contributed by atoms with van der Waals surface area (Å²) in [6, 6.07) is 9.18. The van der Waals surface area contributed by atoms with Gasteiger partial charge in [0.1, 0.15) is 0 Å². The van der Waals surface area contributed by atoms with Crippen molar-refractivity contribution in [3.8, 4) is 0 Å². The lowest BCUT2D eigenvalue weighted by molar-refractivity contribution is 0.0704. The summed E-state index contributed by atoms with van der Waals surface area (Å²) in [4.78, 5) is 5.06. The Morgan fingerprint density at radius 1 is 1.29 bits per heavy atom. The summed E-state index contributed by atoms with van der Waals surface area (Å²) in [7, 11) is 2.22. The van der Waals surface area contributed by atoms with Crippen LogP contribution in [0.25, 0.3) is 0 Å². The molecule has 2 atom stereocenters. The first-order chi connectivity index (χ1) is 9.94. The van der Waals surface area contributed by atoms with E-state index in [0.717, 1.165) is 24.0 Å². The molecule has 4 heteroatoms. The molecule has 1 aliphatic heterocycles. The van der Waals surface area contributed by atoms with E-state index >= 15 is 0 Å². The third-order valence-electron chi connectivity index (χ3n) is 4.68. The third kappa shape index (κ3) is 4.28. The van der Waals surface area contributed by atoms with Gasteiger partial charge in [0.25, 0.3) is 0 Å². The molecule has 0 bridgehead atoms. The average molecular weight is 354 g/mol. The highest BCUT2D eigenvalue weighted by atomic mass is 79.9. The van der Waals surface area contributed by atoms with Gasteiger partial charge in [-0.3, -0.25) is 4.90 Å². The third-order valence-corrected chi connectivity index (χ3v) is 5.21. The minimum absolute atomic E-state index is 0.0262. The second-order valence-electron chi connectivity index (χ2n) is 6.66. The SMILES string of the molecule is CC1CN(C)CCCN1C(C)(CN)Cc1ccc(Br)cc1. The zero-order chi connectivity index (χ0) is 15.5. The van der Waals surface area contributed by atoms with Crippen LogP contribution in [0.1, 0.15) is 25.8 Å². The average Bonchev–Trinajstić information content (AvgIpc) is 2.62. The predicted octanol–water partition coefficient (Wildman–Crippen LogP) is 2.74. The van der Waals surface area contributed by atoms with E-state index in [2.05, 4.69) is 70.9 Å². The molecule has 1 saturated heterocycles. The molecule has 0 saturated carbocycles. The van der Waals surface area contributed by atoms with E-state index in [1.54, 1.807) is 0 Å². The highest BCUT2D eigenvalue weighted by Crippen LogP contribution is 2.25. The Bertz CT molecular complexity index is 448. The van der Waals surface area contributed by atoms with E-state index in [1.165, 1.54) is 18.5 Å². The van der Waals surface area contributed by atoms with Crippen LogP contribution < -0.4 is 5.73 Å². The number of rotatable bonds is 4. The van der Waals surface area contributed by atoms with Gasteiger partial charge in [-0.05, 0) is 58.0 Å². The van der Waals surface area contributed by atoms with E-state index in [4.69, 9.17) is 5.73 Å². The standard InChI is InChI=1S/C17H28BrN3/c1-14-12-20(3)9-4-10-21(14)17(2,13-19)11-15-5-7-16(18)8-6-15/h5-8,14H,4,9-13,19H2,1-3H3. The Morgan fingerprint density at radius 3 is 2.57 bits per heavy atom. The topological polar surface area (TPSA) is 32.5 Å². The molecule has 1 fully saturated rings. The highest BCUT2D eigenvalue weighted by molar-refractivity contribution is 9.10. The van der Waals surface area contributed by atoms with Crippen molar-refractivity contribution in [2.45, 2.75) is 38.3 Å². The van der Waals surface area contributed by atoms with Crippen LogP contribution in [0.15, 0.2) is 28.7 Å². The fourth-order valence-electron chi connectivity index (χ4n) is 3.51. The molecule has 2 N–H and O–H groups in total. The molecule has 3 nitrogen and oxygen atoms in total. The minimum atomic E-state index is 0.0262. The summed E-state index contributed by atoms with van der Waals surface area (Å²) in [5.41, 5.74) is 7.58. The summed E-state index contributed by atoms with van der Waals surface area (Å²) in [6.07, 6.45) is 2.22. The van der Waals surface area contributed by atoms with Crippen molar-refractivity contribution in [1.29, 1.82) is 0 Å². The van der Waals surface area contributed by atoms with Crippen molar-refractivity contribution in [2.24, 2.45) is 5.73 Å². The molecule has 0 radical (unpaired) electrons. The Morgan fingerprint density at radius 2 is 1.95 bits per heavy atom. The molecule has 1 aromatic rings. The van der Waals surface area contributed by atoms with Gasteiger partial charge in [0.05, 0.1) is 0 Å². The summed E-state index contributed by atoms with van der Waals surface area (Å²) in [5.74, 6) is 0. The lowest BCUT2D eigenvalue weighted by atomic mass is 9.89. The van der Waals surface area contributed by atoms with Crippen molar-refractivity contribution >= 4 is 15.9 Å². The number of benzene rings is 1. The van der Waals surface area contributed by atoms with E-state index in [1.807, 2.05) is 0 Å². The summed E-state index contributed by atoms with van der Waals surface area (Å²) in [5, 5.41) is 0. The normalized spacial score (nSPS) is 24.5. The molecule has 0 amide bonds. The van der Waals surface area contributed by atoms with Crippen molar-refractivity contribution in [3.05, 3.63) is 34.3 Å². The van der Waals surface area contributed by atoms with Crippen LogP contribution in [0.4, 0.5) is 0 Å². The second-order valence-corrected chi connectivity index (χ2v) is 7.58. The monoisotopic (exact) mass is 353 g/mol. The second kappa shape index (κ2) is 7.23. The molecule has 2 unspecified atom stereocenters. The molecular weight excluding hydrogens is 326 g/mol. The lowest BCUT2D eigenvalue weighted by Crippen LogP contribution is -2.57. The van der Waals surface area contributed by atoms with Gasteiger partial charge in [0.2, 0.25) is 0 Å². The summed E-state index contributed by atoms with van der Waals surface area (Å²) in [6.45, 7) is 8.77. The van der Waals surface area contributed by atoms with Gasteiger partial charge >= 0.3 is 0 Å². The van der Waals surface area contributed by atoms with E-state index in [-0.39, 0.29) is 5.54 Å². The van der Waals surface area contributed by atoms with Crippen molar-refractivity contribution in [3.63, 3.8) is 0 Å². The van der Waals surface area contributed by atoms with Crippen LogP contribution in [0.3, 0.4) is 0 Å². The van der Waals surface area contributed by atoms with Crippen LogP contribution >= 0.6 is 15.9 Å². The highest BCUT2D eigenvalue weighted by Gasteiger charge is 2.35. The number of likely N-dealkylation sites (N-methyl/N-ethyl adjacent to an activating group) is 1. The minimum Gasteiger partial charge on any atom is -0.329 e. The van der Waals surface area contributed by atoms with Gasteiger partial charge in [-0.15, -0.1) is 0 Å². The summed E-state index contributed by atoms with van der Waals surface area (Å²) < 4.78 is 1.13. The van der Waals surface area contributed by atoms with Crippen molar-refractivity contribution in [2.75, 3.05) is 33.2 Å². The Kier molecular flexibility index (Phi) is 5.83. The van der Waals surface area contributed by atoms with Gasteiger partial charge in [0, 0.05) is 35.7 Å². The fraction of sp³-hybridized carbons (Fsp3) is 0.647. The molecule has 1 heterocycles. The molecule has 0 spiro atoms. The van der Waals surface area contributed by atoms with Crippen molar-refractivity contribution in [1.82, 2.24) is 9.80 Å². The molecule has 0 aromatic heterocycles. The molecule has 2 rings (SSSR count). The molecule has 118 valence electrons. The van der Waals surface area contributed by atoms with Crippen LogP contribution in [0, 0.1) is 0 Å². The quantitative estimate of drug-likeness (QED) is 0.903. The summed E-state index contributed by atoms with van der Waals surface area (Å²) >= 11 is 3.50. The lowest BCUT2D eigenvalue weighted by Gasteiger charge is -2.44. The van der Waals surface area contributed by atoms with Gasteiger partial charge in [-0.1, -0.05) is 28.1 Å². The van der Waals surface area contributed by atoms with E-state index < -0.39 is 0 Å². The first kappa shape index (κ1) is 16.9. The first-order valence-corrected chi connectivity index (χ1v) is 8.64. The Hall–Kier alpha value is -0.420. The van der Waals surface area contributed by atoms with Crippen molar-refractivity contribution < 1.29 is 0 Å². The van der Waals surface area contributed by atoms with Crippen LogP contribution in [0.2, 0.25) is 0 Å². The first-order valence-electron chi connectivity index (χ1n) is 7.84. The van der Waals surface area contributed by atoms with Gasteiger partial charge < -0.3 is 10.6 Å². The number of hydrogen-bond acceptors (Lipinski definition) is 3. The molecule has 1 aliphatic rings. The van der Waals surface area contributed by atoms with Gasteiger partial charge in [-0.2, -0.15) is 0 Å². The maximum atomic E-state index is 6.20. The maximum absolute atomic E-state index is 6.20. The predicted molar refractivity (Wildman–Crippen MR) is 93.6 cm³/mol.